The third kappa shape index (κ3) is 1.11. The summed E-state index contributed by atoms with van der Waals surface area (Å²) < 4.78 is 0. The van der Waals surface area contributed by atoms with Crippen LogP contribution in [0, 0.1) is 13.8 Å². The van der Waals surface area contributed by atoms with Gasteiger partial charge in [-0.1, -0.05) is 5.11 Å². The minimum absolute atomic E-state index is 0.654. The number of hydrogen-bond donors (Lipinski definition) is 1. The van der Waals surface area contributed by atoms with Gasteiger partial charge in [-0.25, -0.2) is 4.98 Å². The zero-order chi connectivity index (χ0) is 10.1. The summed E-state index contributed by atoms with van der Waals surface area (Å²) in [4.78, 5) is 9.97. The minimum Gasteiger partial charge on any atom is -0.345 e. The number of fused-ring (bicyclic) bond motifs is 1. The van der Waals surface area contributed by atoms with Crippen molar-refractivity contribution in [3.8, 4) is 0 Å². The molecule has 1 aromatic heterocycles. The van der Waals surface area contributed by atoms with Crippen LogP contribution in [0.25, 0.3) is 21.5 Å². The molecule has 1 heterocycles. The Labute approximate surface area is 80.4 Å². The molecule has 14 heavy (non-hydrogen) atoms. The van der Waals surface area contributed by atoms with E-state index < -0.39 is 0 Å². The lowest BCUT2D eigenvalue weighted by Gasteiger charge is -2.03. The van der Waals surface area contributed by atoms with E-state index in [4.69, 9.17) is 5.53 Å². The SMILES string of the molecule is Cc1c(N=[N+]=[N-])cc2[nH]cnc2c1C. The zero-order valence-corrected chi connectivity index (χ0v) is 7.94. The van der Waals surface area contributed by atoms with Crippen molar-refractivity contribution in [3.05, 3.63) is 34.0 Å². The summed E-state index contributed by atoms with van der Waals surface area (Å²) in [6.45, 7) is 3.89. The Morgan fingerprint density at radius 3 is 2.93 bits per heavy atom. The van der Waals surface area contributed by atoms with E-state index in [2.05, 4.69) is 20.0 Å². The number of rotatable bonds is 1. The summed E-state index contributed by atoms with van der Waals surface area (Å²) in [5.74, 6) is 0. The van der Waals surface area contributed by atoms with E-state index >= 15 is 0 Å². The normalized spacial score (nSPS) is 10.1. The number of H-pyrrole nitrogens is 1. The van der Waals surface area contributed by atoms with Gasteiger partial charge in [0.1, 0.15) is 0 Å². The van der Waals surface area contributed by atoms with Gasteiger partial charge in [-0.2, -0.15) is 0 Å². The molecule has 0 amide bonds. The van der Waals surface area contributed by atoms with Crippen LogP contribution >= 0.6 is 0 Å². The molecule has 0 radical (unpaired) electrons. The fraction of sp³-hybridized carbons (Fsp3) is 0.222. The number of benzene rings is 1. The highest BCUT2D eigenvalue weighted by atomic mass is 15.1. The van der Waals surface area contributed by atoms with Crippen LogP contribution in [0.1, 0.15) is 11.1 Å². The summed E-state index contributed by atoms with van der Waals surface area (Å²) in [7, 11) is 0. The average molecular weight is 187 g/mol. The molecule has 1 N–H and O–H groups in total. The van der Waals surface area contributed by atoms with Crippen LogP contribution in [0.4, 0.5) is 5.69 Å². The van der Waals surface area contributed by atoms with E-state index in [0.29, 0.717) is 5.69 Å². The number of nitrogens with zero attached hydrogens (tertiary/aromatic N) is 4. The van der Waals surface area contributed by atoms with Gasteiger partial charge < -0.3 is 4.98 Å². The third-order valence-electron chi connectivity index (χ3n) is 2.40. The summed E-state index contributed by atoms with van der Waals surface area (Å²) in [6, 6.07) is 1.81. The van der Waals surface area contributed by atoms with Gasteiger partial charge >= 0.3 is 0 Å². The lowest BCUT2D eigenvalue weighted by atomic mass is 10.1. The number of aromatic amines is 1. The Morgan fingerprint density at radius 2 is 2.21 bits per heavy atom. The lowest BCUT2D eigenvalue weighted by molar-refractivity contribution is 1.31. The summed E-state index contributed by atoms with van der Waals surface area (Å²) in [5, 5.41) is 3.63. The van der Waals surface area contributed by atoms with Gasteiger partial charge in [0.2, 0.25) is 0 Å². The van der Waals surface area contributed by atoms with Crippen LogP contribution < -0.4 is 0 Å². The fourth-order valence-electron chi connectivity index (χ4n) is 1.48. The van der Waals surface area contributed by atoms with Crippen molar-refractivity contribution in [2.24, 2.45) is 5.11 Å². The molecule has 5 nitrogen and oxygen atoms in total. The van der Waals surface area contributed by atoms with Crippen molar-refractivity contribution in [1.29, 1.82) is 0 Å². The smallest absolute Gasteiger partial charge is 0.0931 e. The van der Waals surface area contributed by atoms with Crippen molar-refractivity contribution >= 4 is 16.7 Å². The number of aromatic nitrogens is 2. The molecule has 0 spiro atoms. The highest BCUT2D eigenvalue weighted by molar-refractivity contribution is 5.83. The number of nitrogens with one attached hydrogen (secondary N) is 1. The van der Waals surface area contributed by atoms with Crippen LogP contribution in [0.2, 0.25) is 0 Å². The zero-order valence-electron chi connectivity index (χ0n) is 7.94. The molecular formula is C9H9N5. The van der Waals surface area contributed by atoms with Crippen LogP contribution in [0.15, 0.2) is 17.5 Å². The predicted molar refractivity (Wildman–Crippen MR) is 54.4 cm³/mol. The van der Waals surface area contributed by atoms with E-state index in [1.807, 2.05) is 19.9 Å². The number of aryl methyl sites for hydroxylation is 1. The average Bonchev–Trinajstić information content (AvgIpc) is 2.62. The molecule has 70 valence electrons. The van der Waals surface area contributed by atoms with Crippen molar-refractivity contribution in [3.63, 3.8) is 0 Å². The molecule has 0 bridgehead atoms. The molecule has 0 fully saturated rings. The van der Waals surface area contributed by atoms with Crippen LogP contribution in [0.5, 0.6) is 0 Å². The van der Waals surface area contributed by atoms with Gasteiger partial charge in [0.05, 0.1) is 17.4 Å². The van der Waals surface area contributed by atoms with Crippen molar-refractivity contribution in [1.82, 2.24) is 9.97 Å². The summed E-state index contributed by atoms with van der Waals surface area (Å²) in [6.07, 6.45) is 1.64. The summed E-state index contributed by atoms with van der Waals surface area (Å²) in [5.41, 5.74) is 12.9. The van der Waals surface area contributed by atoms with Crippen LogP contribution in [-0.4, -0.2) is 9.97 Å². The largest absolute Gasteiger partial charge is 0.345 e. The molecule has 0 unspecified atom stereocenters. The van der Waals surface area contributed by atoms with E-state index in [1.165, 1.54) is 0 Å². The van der Waals surface area contributed by atoms with Crippen LogP contribution in [0.3, 0.4) is 0 Å². The minimum atomic E-state index is 0.654. The van der Waals surface area contributed by atoms with Gasteiger partial charge in [-0.15, -0.1) is 0 Å². The molecule has 5 heteroatoms. The topological polar surface area (TPSA) is 77.4 Å². The van der Waals surface area contributed by atoms with Gasteiger partial charge in [-0.05, 0) is 36.6 Å². The Hall–Kier alpha value is -2.00. The Balaban J connectivity index is 2.86. The second-order valence-electron chi connectivity index (χ2n) is 3.13. The first kappa shape index (κ1) is 8.59. The van der Waals surface area contributed by atoms with E-state index in [9.17, 15) is 0 Å². The quantitative estimate of drug-likeness (QED) is 0.415. The molecule has 2 aromatic rings. The lowest BCUT2D eigenvalue weighted by Crippen LogP contribution is -1.84. The van der Waals surface area contributed by atoms with E-state index in [0.717, 1.165) is 22.2 Å². The summed E-state index contributed by atoms with van der Waals surface area (Å²) >= 11 is 0. The van der Waals surface area contributed by atoms with E-state index in [1.54, 1.807) is 6.33 Å². The Kier molecular flexibility index (Phi) is 1.87. The highest BCUT2D eigenvalue weighted by Crippen LogP contribution is 2.28. The van der Waals surface area contributed by atoms with Gasteiger partial charge in [-0.3, -0.25) is 0 Å². The molecule has 0 saturated heterocycles. The maximum atomic E-state index is 8.39. The van der Waals surface area contributed by atoms with Crippen LogP contribution in [-0.2, 0) is 0 Å². The monoisotopic (exact) mass is 187 g/mol. The predicted octanol–water partition coefficient (Wildman–Crippen LogP) is 3.12. The molecule has 0 atom stereocenters. The molecule has 0 aliphatic heterocycles. The first-order chi connectivity index (χ1) is 6.74. The second kappa shape index (κ2) is 3.05. The Morgan fingerprint density at radius 1 is 1.43 bits per heavy atom. The van der Waals surface area contributed by atoms with E-state index in [-0.39, 0.29) is 0 Å². The van der Waals surface area contributed by atoms with Gasteiger partial charge in [0, 0.05) is 10.6 Å². The third-order valence-corrected chi connectivity index (χ3v) is 2.40. The fourth-order valence-corrected chi connectivity index (χ4v) is 1.48. The molecular weight excluding hydrogens is 178 g/mol. The van der Waals surface area contributed by atoms with Crippen molar-refractivity contribution in [2.45, 2.75) is 13.8 Å². The number of imidazole rings is 1. The van der Waals surface area contributed by atoms with Gasteiger partial charge in [0.15, 0.2) is 0 Å². The van der Waals surface area contributed by atoms with Gasteiger partial charge in [0.25, 0.3) is 0 Å². The first-order valence-electron chi connectivity index (χ1n) is 4.22. The van der Waals surface area contributed by atoms with Crippen molar-refractivity contribution in [2.75, 3.05) is 0 Å². The maximum absolute atomic E-state index is 8.39. The van der Waals surface area contributed by atoms with Crippen molar-refractivity contribution < 1.29 is 0 Å². The molecule has 0 aliphatic carbocycles. The second-order valence-corrected chi connectivity index (χ2v) is 3.13. The standard InChI is InChI=1S/C9H9N5/c1-5-6(2)9-8(11-4-12-9)3-7(5)13-14-10/h3-4H,1-2H3,(H,11,12). The molecule has 1 aromatic carbocycles. The number of azide groups is 1. The molecule has 0 saturated carbocycles. The maximum Gasteiger partial charge on any atom is 0.0931 e. The highest BCUT2D eigenvalue weighted by Gasteiger charge is 2.06. The number of hydrogen-bond acceptors (Lipinski definition) is 2. The first-order valence-corrected chi connectivity index (χ1v) is 4.22. The molecule has 2 rings (SSSR count). The Bertz CT molecular complexity index is 533. The molecule has 0 aliphatic rings.